The van der Waals surface area contributed by atoms with Crippen LogP contribution in [0.1, 0.15) is 70.0 Å². The Balaban J connectivity index is 1.46. The zero-order valence-electron chi connectivity index (χ0n) is 18.6. The predicted octanol–water partition coefficient (Wildman–Crippen LogP) is 2.93. The highest BCUT2D eigenvalue weighted by molar-refractivity contribution is 7.91. The third kappa shape index (κ3) is 3.99. The van der Waals surface area contributed by atoms with Crippen LogP contribution in [0.4, 0.5) is 0 Å². The SMILES string of the molecule is Cc1nn([C@H]2CCS(=O)(=O)C2)c(C)c1CN(C)CC(=O)c1cc(C)n(C2CC2)c1C. The molecular formula is C22H32N4O3S. The van der Waals surface area contributed by atoms with Crippen molar-refractivity contribution >= 4 is 15.6 Å². The number of Topliss-reactive ketones (excluding diaryl/α,β-unsaturated/α-hetero) is 1. The van der Waals surface area contributed by atoms with Crippen LogP contribution >= 0.6 is 0 Å². The van der Waals surface area contributed by atoms with E-state index in [1.165, 1.54) is 18.5 Å². The number of ketones is 1. The molecule has 7 nitrogen and oxygen atoms in total. The van der Waals surface area contributed by atoms with Gasteiger partial charge in [0.2, 0.25) is 0 Å². The minimum atomic E-state index is -2.96. The Bertz CT molecular complexity index is 1090. The van der Waals surface area contributed by atoms with Crippen molar-refractivity contribution in [2.75, 3.05) is 25.1 Å². The molecule has 2 fully saturated rings. The first-order valence-corrected chi connectivity index (χ1v) is 12.5. The van der Waals surface area contributed by atoms with E-state index in [9.17, 15) is 13.2 Å². The monoisotopic (exact) mass is 432 g/mol. The number of carbonyl (C=O) groups excluding carboxylic acids is 1. The fraction of sp³-hybridized carbons (Fsp3) is 0.636. The average molecular weight is 433 g/mol. The molecule has 0 spiro atoms. The third-order valence-electron chi connectivity index (χ3n) is 6.57. The molecule has 8 heteroatoms. The summed E-state index contributed by atoms with van der Waals surface area (Å²) in [5.74, 6) is 0.542. The third-order valence-corrected chi connectivity index (χ3v) is 8.32. The molecule has 1 atom stereocenters. The van der Waals surface area contributed by atoms with Gasteiger partial charge in [0.05, 0.1) is 29.8 Å². The van der Waals surface area contributed by atoms with Crippen LogP contribution in [-0.2, 0) is 16.4 Å². The molecule has 1 aliphatic heterocycles. The van der Waals surface area contributed by atoms with E-state index < -0.39 is 9.84 Å². The molecule has 2 aromatic rings. The van der Waals surface area contributed by atoms with E-state index in [-0.39, 0.29) is 23.3 Å². The molecule has 0 N–H and O–H groups in total. The molecule has 4 rings (SSSR count). The Hall–Kier alpha value is -1.93. The summed E-state index contributed by atoms with van der Waals surface area (Å²) in [6.45, 7) is 9.05. The summed E-state index contributed by atoms with van der Waals surface area (Å²) in [5.41, 5.74) is 6.06. The number of rotatable bonds is 7. The van der Waals surface area contributed by atoms with E-state index in [2.05, 4.69) is 16.6 Å². The van der Waals surface area contributed by atoms with E-state index in [4.69, 9.17) is 0 Å². The molecule has 1 saturated carbocycles. The highest BCUT2D eigenvalue weighted by Gasteiger charge is 2.32. The number of aryl methyl sites for hydroxylation is 2. The normalized spacial score (nSPS) is 20.9. The molecule has 1 saturated heterocycles. The van der Waals surface area contributed by atoms with Crippen molar-refractivity contribution in [3.63, 3.8) is 0 Å². The lowest BCUT2D eigenvalue weighted by Gasteiger charge is -2.17. The topological polar surface area (TPSA) is 77.2 Å². The maximum atomic E-state index is 13.0. The van der Waals surface area contributed by atoms with Crippen LogP contribution in [0, 0.1) is 27.7 Å². The predicted molar refractivity (Wildman–Crippen MR) is 117 cm³/mol. The second-order valence-electron chi connectivity index (χ2n) is 9.13. The van der Waals surface area contributed by atoms with Gasteiger partial charge in [-0.3, -0.25) is 14.4 Å². The Morgan fingerprint density at radius 3 is 2.43 bits per heavy atom. The standard InChI is InChI=1S/C22H32N4O3S/c1-14-10-20(16(3)25(14)18-6-7-18)22(27)12-24(5)11-21-15(2)23-26(17(21)4)19-8-9-30(28,29)13-19/h10,18-19H,6-9,11-13H2,1-5H3/t19-/m0/s1. The molecule has 30 heavy (non-hydrogen) atoms. The van der Waals surface area contributed by atoms with E-state index in [0.717, 1.165) is 28.2 Å². The van der Waals surface area contributed by atoms with Gasteiger partial charge in [0.15, 0.2) is 15.6 Å². The minimum absolute atomic E-state index is 0.0813. The second-order valence-corrected chi connectivity index (χ2v) is 11.4. The Morgan fingerprint density at radius 2 is 1.83 bits per heavy atom. The van der Waals surface area contributed by atoms with Gasteiger partial charge in [-0.2, -0.15) is 5.10 Å². The number of hydrogen-bond acceptors (Lipinski definition) is 5. The molecule has 2 aliphatic rings. The molecule has 3 heterocycles. The van der Waals surface area contributed by atoms with Crippen LogP contribution in [-0.4, -0.2) is 58.5 Å². The van der Waals surface area contributed by atoms with Crippen molar-refractivity contribution in [3.8, 4) is 0 Å². The molecule has 0 amide bonds. The maximum Gasteiger partial charge on any atom is 0.178 e. The highest BCUT2D eigenvalue weighted by Crippen LogP contribution is 2.38. The van der Waals surface area contributed by atoms with Gasteiger partial charge in [0.25, 0.3) is 0 Å². The van der Waals surface area contributed by atoms with Gasteiger partial charge in [-0.25, -0.2) is 8.42 Å². The van der Waals surface area contributed by atoms with Crippen LogP contribution in [0.25, 0.3) is 0 Å². The van der Waals surface area contributed by atoms with Crippen molar-refractivity contribution in [2.24, 2.45) is 0 Å². The lowest BCUT2D eigenvalue weighted by atomic mass is 10.1. The van der Waals surface area contributed by atoms with E-state index in [1.807, 2.05) is 43.5 Å². The van der Waals surface area contributed by atoms with Crippen molar-refractivity contribution in [2.45, 2.75) is 65.6 Å². The van der Waals surface area contributed by atoms with Crippen molar-refractivity contribution < 1.29 is 13.2 Å². The van der Waals surface area contributed by atoms with Gasteiger partial charge in [-0.1, -0.05) is 0 Å². The second kappa shape index (κ2) is 7.64. The summed E-state index contributed by atoms with van der Waals surface area (Å²) in [6, 6.07) is 2.51. The first-order chi connectivity index (χ1) is 14.1. The molecule has 1 aliphatic carbocycles. The average Bonchev–Trinajstić information content (AvgIpc) is 3.28. The summed E-state index contributed by atoms with van der Waals surface area (Å²) in [4.78, 5) is 15.0. The molecule has 2 aromatic heterocycles. The van der Waals surface area contributed by atoms with Crippen LogP contribution < -0.4 is 0 Å². The highest BCUT2D eigenvalue weighted by atomic mass is 32.2. The fourth-order valence-electron chi connectivity index (χ4n) is 4.86. The van der Waals surface area contributed by atoms with Crippen LogP contribution in [0.15, 0.2) is 6.07 Å². The number of aromatic nitrogens is 3. The number of sulfone groups is 1. The number of carbonyl (C=O) groups is 1. The zero-order valence-corrected chi connectivity index (χ0v) is 19.4. The van der Waals surface area contributed by atoms with Crippen molar-refractivity contribution in [1.82, 2.24) is 19.2 Å². The summed E-state index contributed by atoms with van der Waals surface area (Å²) >= 11 is 0. The van der Waals surface area contributed by atoms with Crippen molar-refractivity contribution in [1.29, 1.82) is 0 Å². The Morgan fingerprint density at radius 1 is 1.13 bits per heavy atom. The van der Waals surface area contributed by atoms with Gasteiger partial charge in [0.1, 0.15) is 0 Å². The summed E-state index contributed by atoms with van der Waals surface area (Å²) in [6.07, 6.45) is 3.03. The number of likely N-dealkylation sites (N-methyl/N-ethyl adjacent to an activating group) is 1. The zero-order chi connectivity index (χ0) is 21.8. The largest absolute Gasteiger partial charge is 0.345 e. The lowest BCUT2D eigenvalue weighted by Crippen LogP contribution is -2.26. The smallest absolute Gasteiger partial charge is 0.178 e. The van der Waals surface area contributed by atoms with E-state index in [1.54, 1.807) is 0 Å². The quantitative estimate of drug-likeness (QED) is 0.629. The number of nitrogens with zero attached hydrogens (tertiary/aromatic N) is 4. The molecule has 164 valence electrons. The maximum absolute atomic E-state index is 13.0. The van der Waals surface area contributed by atoms with E-state index >= 15 is 0 Å². The van der Waals surface area contributed by atoms with E-state index in [0.29, 0.717) is 25.6 Å². The summed E-state index contributed by atoms with van der Waals surface area (Å²) in [7, 11) is -1.01. The van der Waals surface area contributed by atoms with Gasteiger partial charge < -0.3 is 4.57 Å². The first kappa shape index (κ1) is 21.3. The Labute approximate surface area is 179 Å². The summed E-state index contributed by atoms with van der Waals surface area (Å²) in [5, 5.41) is 4.64. The van der Waals surface area contributed by atoms with Gasteiger partial charge in [0, 0.05) is 40.8 Å². The molecule has 0 unspecified atom stereocenters. The molecule has 0 radical (unpaired) electrons. The van der Waals surface area contributed by atoms with Crippen molar-refractivity contribution in [3.05, 3.63) is 40.0 Å². The lowest BCUT2D eigenvalue weighted by molar-refractivity contribution is 0.0942. The van der Waals surface area contributed by atoms with Gasteiger partial charge in [-0.05, 0) is 60.1 Å². The molecule has 0 aromatic carbocycles. The number of hydrogen-bond donors (Lipinski definition) is 0. The van der Waals surface area contributed by atoms with Crippen LogP contribution in [0.5, 0.6) is 0 Å². The minimum Gasteiger partial charge on any atom is -0.345 e. The van der Waals surface area contributed by atoms with Crippen LogP contribution in [0.2, 0.25) is 0 Å². The van der Waals surface area contributed by atoms with Gasteiger partial charge in [-0.15, -0.1) is 0 Å². The summed E-state index contributed by atoms with van der Waals surface area (Å²) < 4.78 is 27.9. The fourth-order valence-corrected chi connectivity index (χ4v) is 6.55. The van der Waals surface area contributed by atoms with Gasteiger partial charge >= 0.3 is 0 Å². The Kier molecular flexibility index (Phi) is 5.43. The molecule has 0 bridgehead atoms. The van der Waals surface area contributed by atoms with Crippen LogP contribution in [0.3, 0.4) is 0 Å². The first-order valence-electron chi connectivity index (χ1n) is 10.7. The molecular weight excluding hydrogens is 400 g/mol.